The number of hydrogen-bond donors (Lipinski definition) is 1. The van der Waals surface area contributed by atoms with Gasteiger partial charge in [-0.05, 0) is 30.2 Å². The van der Waals surface area contributed by atoms with Gasteiger partial charge in [-0.15, -0.1) is 11.3 Å². The third kappa shape index (κ3) is 3.81. The summed E-state index contributed by atoms with van der Waals surface area (Å²) in [5.74, 6) is -0.617. The number of carbonyl (C=O) groups is 2. The predicted octanol–water partition coefficient (Wildman–Crippen LogP) is 4.24. The summed E-state index contributed by atoms with van der Waals surface area (Å²) < 4.78 is 5.58. The van der Waals surface area contributed by atoms with Crippen LogP contribution in [-0.2, 0) is 16.0 Å². The number of aromatic nitrogens is 1. The van der Waals surface area contributed by atoms with Gasteiger partial charge in [0, 0.05) is 23.5 Å². The van der Waals surface area contributed by atoms with Gasteiger partial charge in [0.15, 0.2) is 6.61 Å². The Morgan fingerprint density at radius 2 is 2.00 bits per heavy atom. The van der Waals surface area contributed by atoms with Gasteiger partial charge in [0.2, 0.25) is 5.78 Å². The number of benzene rings is 1. The van der Waals surface area contributed by atoms with E-state index < -0.39 is 0 Å². The maximum atomic E-state index is 11.8. The quantitative estimate of drug-likeness (QED) is 0.536. The minimum absolute atomic E-state index is 0.234. The van der Waals surface area contributed by atoms with Gasteiger partial charge in [0.05, 0.1) is 9.21 Å². The molecule has 0 aliphatic heterocycles. The molecule has 0 bridgehead atoms. The number of hydrogen-bond acceptors (Lipinski definition) is 4. The zero-order valence-corrected chi connectivity index (χ0v) is 13.7. The Labute approximate surface area is 142 Å². The first kappa shape index (κ1) is 15.8. The zero-order chi connectivity index (χ0) is 16.2. The third-order valence-electron chi connectivity index (χ3n) is 3.49. The molecular formula is C17H14ClNO3S. The molecule has 1 aromatic carbocycles. The molecule has 1 N–H and O–H groups in total. The van der Waals surface area contributed by atoms with Crippen molar-refractivity contribution in [3.8, 4) is 0 Å². The Balaban J connectivity index is 1.51. The summed E-state index contributed by atoms with van der Waals surface area (Å²) in [4.78, 5) is 27.3. The molecule has 0 unspecified atom stereocenters. The highest BCUT2D eigenvalue weighted by Gasteiger charge is 2.13. The van der Waals surface area contributed by atoms with Crippen LogP contribution in [0.5, 0.6) is 0 Å². The van der Waals surface area contributed by atoms with Crippen LogP contribution >= 0.6 is 22.9 Å². The average Bonchev–Trinajstić information content (AvgIpc) is 3.17. The van der Waals surface area contributed by atoms with Gasteiger partial charge in [-0.2, -0.15) is 0 Å². The fourth-order valence-electron chi connectivity index (χ4n) is 2.33. The molecule has 0 aliphatic carbocycles. The average molecular weight is 348 g/mol. The van der Waals surface area contributed by atoms with E-state index in [1.54, 1.807) is 12.1 Å². The van der Waals surface area contributed by atoms with Crippen molar-refractivity contribution in [3.05, 3.63) is 57.4 Å². The second-order valence-electron chi connectivity index (χ2n) is 5.05. The van der Waals surface area contributed by atoms with Crippen molar-refractivity contribution in [2.24, 2.45) is 0 Å². The van der Waals surface area contributed by atoms with Crippen molar-refractivity contribution in [1.82, 2.24) is 4.98 Å². The predicted molar refractivity (Wildman–Crippen MR) is 91.2 cm³/mol. The Hall–Kier alpha value is -2.11. The smallest absolute Gasteiger partial charge is 0.306 e. The van der Waals surface area contributed by atoms with E-state index in [0.717, 1.165) is 16.5 Å². The monoisotopic (exact) mass is 347 g/mol. The Kier molecular flexibility index (Phi) is 4.79. The molecule has 23 heavy (non-hydrogen) atoms. The lowest BCUT2D eigenvalue weighted by atomic mass is 10.1. The largest absolute Gasteiger partial charge is 0.457 e. The molecule has 2 heterocycles. The number of aryl methyl sites for hydroxylation is 1. The van der Waals surface area contributed by atoms with Gasteiger partial charge >= 0.3 is 5.97 Å². The van der Waals surface area contributed by atoms with E-state index in [0.29, 0.717) is 15.6 Å². The van der Waals surface area contributed by atoms with E-state index in [4.69, 9.17) is 16.3 Å². The number of H-pyrrole nitrogens is 1. The minimum Gasteiger partial charge on any atom is -0.457 e. The number of nitrogens with one attached hydrogen (secondary N) is 1. The molecule has 0 radical (unpaired) electrons. The number of thiophene rings is 1. The lowest BCUT2D eigenvalue weighted by Gasteiger charge is -2.03. The molecule has 0 fully saturated rings. The SMILES string of the molecule is O=C(CCc1c[nH]c2ccccc12)OCC(=O)c1ccc(Cl)s1. The van der Waals surface area contributed by atoms with Gasteiger partial charge < -0.3 is 9.72 Å². The van der Waals surface area contributed by atoms with Crippen LogP contribution in [0, 0.1) is 0 Å². The standard InChI is InChI=1S/C17H14ClNO3S/c18-16-7-6-15(23-16)14(20)10-22-17(21)8-5-11-9-19-13-4-2-1-3-12(11)13/h1-4,6-7,9,19H,5,8,10H2. The molecule has 0 atom stereocenters. The van der Waals surface area contributed by atoms with Gasteiger partial charge in [-0.3, -0.25) is 9.59 Å². The molecule has 0 spiro atoms. The first-order valence-electron chi connectivity index (χ1n) is 7.12. The molecular weight excluding hydrogens is 334 g/mol. The number of ketones is 1. The maximum Gasteiger partial charge on any atom is 0.306 e. The van der Waals surface area contributed by atoms with Crippen LogP contribution in [0.1, 0.15) is 21.7 Å². The van der Waals surface area contributed by atoms with Gasteiger partial charge in [0.25, 0.3) is 0 Å². The van der Waals surface area contributed by atoms with Crippen molar-refractivity contribution in [2.75, 3.05) is 6.61 Å². The highest BCUT2D eigenvalue weighted by atomic mass is 35.5. The lowest BCUT2D eigenvalue weighted by Crippen LogP contribution is -2.13. The highest BCUT2D eigenvalue weighted by molar-refractivity contribution is 7.18. The summed E-state index contributed by atoms with van der Waals surface area (Å²) >= 11 is 6.96. The van der Waals surface area contributed by atoms with E-state index in [1.165, 1.54) is 11.3 Å². The number of halogens is 1. The number of aromatic amines is 1. The number of Topliss-reactive ketones (excluding diaryl/α,β-unsaturated/α-hetero) is 1. The fourth-order valence-corrected chi connectivity index (χ4v) is 3.30. The Morgan fingerprint density at radius 1 is 1.17 bits per heavy atom. The van der Waals surface area contributed by atoms with Crippen molar-refractivity contribution in [2.45, 2.75) is 12.8 Å². The first-order valence-corrected chi connectivity index (χ1v) is 8.32. The Morgan fingerprint density at radius 3 is 2.78 bits per heavy atom. The zero-order valence-electron chi connectivity index (χ0n) is 12.2. The van der Waals surface area contributed by atoms with Crippen molar-refractivity contribution < 1.29 is 14.3 Å². The molecule has 4 nitrogen and oxygen atoms in total. The molecule has 0 saturated heterocycles. The van der Waals surface area contributed by atoms with Crippen LogP contribution in [0.25, 0.3) is 10.9 Å². The molecule has 0 aliphatic rings. The number of rotatable bonds is 6. The second kappa shape index (κ2) is 6.98. The van der Waals surface area contributed by atoms with E-state index in [1.807, 2.05) is 30.5 Å². The van der Waals surface area contributed by atoms with Gasteiger partial charge in [-0.1, -0.05) is 29.8 Å². The number of carbonyl (C=O) groups excluding carboxylic acids is 2. The molecule has 2 aromatic heterocycles. The molecule has 118 valence electrons. The van der Waals surface area contributed by atoms with Crippen LogP contribution in [0.2, 0.25) is 4.34 Å². The number of para-hydroxylation sites is 1. The normalized spacial score (nSPS) is 10.8. The summed E-state index contributed by atoms with van der Waals surface area (Å²) in [7, 11) is 0. The number of esters is 1. The van der Waals surface area contributed by atoms with E-state index in [2.05, 4.69) is 4.98 Å². The summed E-state index contributed by atoms with van der Waals surface area (Å²) in [6, 6.07) is 11.2. The summed E-state index contributed by atoms with van der Waals surface area (Å²) in [6.45, 7) is -0.246. The summed E-state index contributed by atoms with van der Waals surface area (Å²) in [6.07, 6.45) is 2.71. The van der Waals surface area contributed by atoms with Crippen molar-refractivity contribution in [3.63, 3.8) is 0 Å². The van der Waals surface area contributed by atoms with Crippen LogP contribution < -0.4 is 0 Å². The summed E-state index contributed by atoms with van der Waals surface area (Å²) in [5, 5.41) is 1.10. The van der Waals surface area contributed by atoms with Crippen LogP contribution in [-0.4, -0.2) is 23.3 Å². The number of fused-ring (bicyclic) bond motifs is 1. The number of ether oxygens (including phenoxy) is 1. The van der Waals surface area contributed by atoms with Crippen molar-refractivity contribution in [1.29, 1.82) is 0 Å². The first-order chi connectivity index (χ1) is 11.1. The maximum absolute atomic E-state index is 11.8. The van der Waals surface area contributed by atoms with E-state index in [-0.39, 0.29) is 24.8 Å². The highest BCUT2D eigenvalue weighted by Crippen LogP contribution is 2.22. The molecule has 3 aromatic rings. The van der Waals surface area contributed by atoms with Crippen molar-refractivity contribution >= 4 is 45.6 Å². The molecule has 6 heteroatoms. The van der Waals surface area contributed by atoms with Crippen LogP contribution in [0.15, 0.2) is 42.6 Å². The minimum atomic E-state index is -0.383. The molecule has 0 amide bonds. The van der Waals surface area contributed by atoms with Gasteiger partial charge in [0.1, 0.15) is 0 Å². The fraction of sp³-hybridized carbons (Fsp3) is 0.176. The topological polar surface area (TPSA) is 59.2 Å². The Bertz CT molecular complexity index is 852. The van der Waals surface area contributed by atoms with Crippen LogP contribution in [0.3, 0.4) is 0 Å². The summed E-state index contributed by atoms with van der Waals surface area (Å²) in [5.41, 5.74) is 2.11. The molecule has 0 saturated carbocycles. The molecule has 3 rings (SSSR count). The van der Waals surface area contributed by atoms with E-state index in [9.17, 15) is 9.59 Å². The second-order valence-corrected chi connectivity index (χ2v) is 6.76. The van der Waals surface area contributed by atoms with E-state index >= 15 is 0 Å². The third-order valence-corrected chi connectivity index (χ3v) is 4.76. The lowest BCUT2D eigenvalue weighted by molar-refractivity contribution is -0.142. The van der Waals surface area contributed by atoms with Gasteiger partial charge in [-0.25, -0.2) is 0 Å². The van der Waals surface area contributed by atoms with Crippen LogP contribution in [0.4, 0.5) is 0 Å².